The number of nitrogens with zero attached hydrogens (tertiary/aromatic N) is 1. The predicted octanol–water partition coefficient (Wildman–Crippen LogP) is 1.29. The second-order valence-electron chi connectivity index (χ2n) is 4.75. The molecule has 19 heavy (non-hydrogen) atoms. The minimum Gasteiger partial charge on any atom is -0.397 e. The van der Waals surface area contributed by atoms with E-state index in [-0.39, 0.29) is 13.0 Å². The van der Waals surface area contributed by atoms with E-state index in [1.165, 1.54) is 4.90 Å². The van der Waals surface area contributed by atoms with Crippen molar-refractivity contribution in [2.45, 2.75) is 25.5 Å². The zero-order chi connectivity index (χ0) is 14.4. The first kappa shape index (κ1) is 13.8. The van der Waals surface area contributed by atoms with Gasteiger partial charge in [-0.25, -0.2) is 0 Å². The molecule has 5 nitrogen and oxygen atoms in total. The van der Waals surface area contributed by atoms with Gasteiger partial charge in [0, 0.05) is 13.0 Å². The van der Waals surface area contributed by atoms with E-state index < -0.39 is 21.4 Å². The third-order valence-corrected chi connectivity index (χ3v) is 4.60. The molecule has 1 saturated heterocycles. The van der Waals surface area contributed by atoms with Crippen molar-refractivity contribution < 1.29 is 17.1 Å². The maximum Gasteiger partial charge on any atom is 0.307 e. The number of benzene rings is 1. The Morgan fingerprint density at radius 1 is 1.37 bits per heavy atom. The zero-order valence-corrected chi connectivity index (χ0v) is 11.5. The number of carbonyl (C=O) groups excluding carboxylic acids is 1. The van der Waals surface area contributed by atoms with Crippen LogP contribution in [0.15, 0.2) is 12.1 Å². The average Bonchev–Trinajstić information content (AvgIpc) is 2.67. The molecule has 0 aromatic heterocycles. The van der Waals surface area contributed by atoms with Gasteiger partial charge in [-0.15, -0.1) is 3.89 Å². The molecule has 1 atom stereocenters. The van der Waals surface area contributed by atoms with Gasteiger partial charge in [-0.2, -0.15) is 8.42 Å². The first-order valence-corrected chi connectivity index (χ1v) is 7.26. The first-order valence-electron chi connectivity index (χ1n) is 5.81. The van der Waals surface area contributed by atoms with E-state index in [0.29, 0.717) is 11.4 Å². The van der Waals surface area contributed by atoms with Crippen LogP contribution >= 0.6 is 0 Å². The van der Waals surface area contributed by atoms with E-state index in [9.17, 15) is 17.1 Å². The summed E-state index contributed by atoms with van der Waals surface area (Å²) in [7, 11) is -4.72. The van der Waals surface area contributed by atoms with Crippen molar-refractivity contribution in [1.29, 1.82) is 0 Å². The van der Waals surface area contributed by atoms with Crippen molar-refractivity contribution in [2.75, 3.05) is 17.2 Å². The third kappa shape index (κ3) is 2.42. The van der Waals surface area contributed by atoms with E-state index in [2.05, 4.69) is 0 Å². The van der Waals surface area contributed by atoms with Crippen molar-refractivity contribution in [3.63, 3.8) is 0 Å². The Labute approximate surface area is 111 Å². The van der Waals surface area contributed by atoms with Crippen LogP contribution in [-0.4, -0.2) is 26.1 Å². The van der Waals surface area contributed by atoms with Gasteiger partial charge in [0.1, 0.15) is 5.25 Å². The van der Waals surface area contributed by atoms with Crippen LogP contribution < -0.4 is 10.6 Å². The summed E-state index contributed by atoms with van der Waals surface area (Å²) in [4.78, 5) is 13.2. The topological polar surface area (TPSA) is 80.5 Å². The summed E-state index contributed by atoms with van der Waals surface area (Å²) in [6, 6.07) is 3.47. The van der Waals surface area contributed by atoms with Gasteiger partial charge in [-0.3, -0.25) is 4.79 Å². The van der Waals surface area contributed by atoms with E-state index in [1.54, 1.807) is 13.0 Å². The van der Waals surface area contributed by atoms with Gasteiger partial charge in [0.2, 0.25) is 5.91 Å². The molecule has 2 N–H and O–H groups in total. The number of hydrogen-bond donors (Lipinski definition) is 1. The fourth-order valence-corrected chi connectivity index (χ4v) is 2.93. The number of nitrogen functional groups attached to an aromatic ring is 1. The molecule has 1 aliphatic heterocycles. The first-order chi connectivity index (χ1) is 8.71. The van der Waals surface area contributed by atoms with Crippen LogP contribution in [0.5, 0.6) is 0 Å². The molecule has 104 valence electrons. The fourth-order valence-electron chi connectivity index (χ4n) is 2.26. The molecular weight excluding hydrogens is 271 g/mol. The van der Waals surface area contributed by atoms with Crippen molar-refractivity contribution in [2.24, 2.45) is 0 Å². The molecule has 1 amide bonds. The van der Waals surface area contributed by atoms with Gasteiger partial charge < -0.3 is 10.6 Å². The third-order valence-electron chi connectivity index (χ3n) is 3.49. The Balaban J connectivity index is 2.45. The molecule has 0 radical (unpaired) electrons. The lowest BCUT2D eigenvalue weighted by Gasteiger charge is -2.22. The van der Waals surface area contributed by atoms with Crippen LogP contribution in [0.25, 0.3) is 0 Å². The van der Waals surface area contributed by atoms with Crippen LogP contribution in [0, 0.1) is 13.8 Å². The molecule has 1 unspecified atom stereocenters. The summed E-state index contributed by atoms with van der Waals surface area (Å²) in [6.07, 6.45) is -0.342. The van der Waals surface area contributed by atoms with E-state index in [4.69, 9.17) is 5.73 Å². The lowest BCUT2D eigenvalue weighted by molar-refractivity contribution is -0.117. The highest BCUT2D eigenvalue weighted by molar-refractivity contribution is 7.87. The summed E-state index contributed by atoms with van der Waals surface area (Å²) >= 11 is 0. The second kappa shape index (κ2) is 4.48. The Morgan fingerprint density at radius 3 is 2.53 bits per heavy atom. The highest BCUT2D eigenvalue weighted by Crippen LogP contribution is 2.34. The van der Waals surface area contributed by atoms with Gasteiger partial charge in [-0.1, -0.05) is 6.07 Å². The molecule has 7 heteroatoms. The number of nitrogens with two attached hydrogens (primary N) is 1. The van der Waals surface area contributed by atoms with Crippen LogP contribution in [-0.2, 0) is 15.0 Å². The quantitative estimate of drug-likeness (QED) is 0.656. The van der Waals surface area contributed by atoms with Gasteiger partial charge >= 0.3 is 10.2 Å². The SMILES string of the molecule is Cc1ccc(N)c(N2CC(S(=O)(=O)F)CC2=O)c1C. The Bertz CT molecular complexity index is 643. The smallest absolute Gasteiger partial charge is 0.307 e. The van der Waals surface area contributed by atoms with Crippen LogP contribution in [0.1, 0.15) is 17.5 Å². The summed E-state index contributed by atoms with van der Waals surface area (Å²) in [6.45, 7) is 3.47. The predicted molar refractivity (Wildman–Crippen MR) is 71.1 cm³/mol. The Hall–Kier alpha value is -1.63. The monoisotopic (exact) mass is 286 g/mol. The Morgan fingerprint density at radius 2 is 2.00 bits per heavy atom. The molecule has 1 aromatic rings. The van der Waals surface area contributed by atoms with Crippen LogP contribution in [0.4, 0.5) is 15.3 Å². The minimum absolute atomic E-state index is 0.188. The molecule has 0 bridgehead atoms. The second-order valence-corrected chi connectivity index (χ2v) is 6.37. The molecule has 1 fully saturated rings. The molecule has 1 heterocycles. The summed E-state index contributed by atoms with van der Waals surface area (Å²) in [5.74, 6) is -0.424. The van der Waals surface area contributed by atoms with Gasteiger partial charge in [0.25, 0.3) is 0 Å². The standard InChI is InChI=1S/C12H15FN2O3S/c1-7-3-4-10(14)12(8(7)2)15-6-9(5-11(15)16)19(13,17)18/h3-4,9H,5-6,14H2,1-2H3. The highest BCUT2D eigenvalue weighted by Gasteiger charge is 2.40. The van der Waals surface area contributed by atoms with Crippen molar-refractivity contribution in [3.8, 4) is 0 Å². The van der Waals surface area contributed by atoms with Crippen molar-refractivity contribution >= 4 is 27.5 Å². The van der Waals surface area contributed by atoms with Gasteiger partial charge in [-0.05, 0) is 31.0 Å². The summed E-state index contributed by atoms with van der Waals surface area (Å²) < 4.78 is 34.8. The summed E-state index contributed by atoms with van der Waals surface area (Å²) in [5, 5.41) is -1.31. The normalized spacial score (nSPS) is 20.1. The fraction of sp³-hybridized carbons (Fsp3) is 0.417. The van der Waals surface area contributed by atoms with E-state index in [1.807, 2.05) is 13.0 Å². The number of anilines is 2. The van der Waals surface area contributed by atoms with E-state index in [0.717, 1.165) is 11.1 Å². The summed E-state index contributed by atoms with van der Waals surface area (Å²) in [5.41, 5.74) is 8.45. The maximum atomic E-state index is 13.0. The van der Waals surface area contributed by atoms with Gasteiger partial charge in [0.05, 0.1) is 11.4 Å². The average molecular weight is 286 g/mol. The molecule has 2 rings (SSSR count). The Kier molecular flexibility index (Phi) is 3.25. The lowest BCUT2D eigenvalue weighted by atomic mass is 10.1. The number of hydrogen-bond acceptors (Lipinski definition) is 4. The largest absolute Gasteiger partial charge is 0.397 e. The minimum atomic E-state index is -4.72. The number of rotatable bonds is 2. The molecule has 1 aromatic carbocycles. The van der Waals surface area contributed by atoms with Crippen LogP contribution in [0.3, 0.4) is 0 Å². The zero-order valence-electron chi connectivity index (χ0n) is 10.7. The number of amides is 1. The van der Waals surface area contributed by atoms with E-state index >= 15 is 0 Å². The molecular formula is C12H15FN2O3S. The maximum absolute atomic E-state index is 13.0. The van der Waals surface area contributed by atoms with Crippen molar-refractivity contribution in [1.82, 2.24) is 0 Å². The molecule has 0 aliphatic carbocycles. The van der Waals surface area contributed by atoms with Crippen molar-refractivity contribution in [3.05, 3.63) is 23.3 Å². The number of halogens is 1. The number of aryl methyl sites for hydroxylation is 1. The highest BCUT2D eigenvalue weighted by atomic mass is 32.3. The van der Waals surface area contributed by atoms with Gasteiger partial charge in [0.15, 0.2) is 0 Å². The molecule has 0 spiro atoms. The molecule has 0 saturated carbocycles. The lowest BCUT2D eigenvalue weighted by Crippen LogP contribution is -2.28. The number of carbonyl (C=O) groups is 1. The van der Waals surface area contributed by atoms with Crippen LogP contribution in [0.2, 0.25) is 0 Å². The molecule has 1 aliphatic rings.